The third-order valence-electron chi connectivity index (χ3n) is 3.69. The number of nitrogens with one attached hydrogen (secondary N) is 1. The van der Waals surface area contributed by atoms with Crippen molar-refractivity contribution in [2.45, 2.75) is 18.8 Å². The lowest BCUT2D eigenvalue weighted by Crippen LogP contribution is -2.14. The van der Waals surface area contributed by atoms with Crippen molar-refractivity contribution in [1.82, 2.24) is 15.1 Å². The van der Waals surface area contributed by atoms with Crippen LogP contribution in [0.4, 0.5) is 0 Å². The predicted molar refractivity (Wildman–Crippen MR) is 72.9 cm³/mol. The van der Waals surface area contributed by atoms with Gasteiger partial charge in [-0.3, -0.25) is 4.98 Å². The van der Waals surface area contributed by atoms with E-state index in [1.165, 1.54) is 0 Å². The van der Waals surface area contributed by atoms with Crippen LogP contribution in [0.3, 0.4) is 0 Å². The van der Waals surface area contributed by atoms with Crippen LogP contribution in [-0.4, -0.2) is 28.3 Å². The molecule has 7 nitrogen and oxygen atoms in total. The lowest BCUT2D eigenvalue weighted by atomic mass is 10.0. The smallest absolute Gasteiger partial charge is 0.408 e. The first-order chi connectivity index (χ1) is 10.3. The molecule has 0 unspecified atom stereocenters. The third kappa shape index (κ3) is 2.25. The number of oxazole rings is 1. The summed E-state index contributed by atoms with van der Waals surface area (Å²) in [6.07, 6.45) is 1.80. The maximum absolute atomic E-state index is 11.2. The highest BCUT2D eigenvalue weighted by Crippen LogP contribution is 2.28. The molecule has 1 N–H and O–H groups in total. The molecule has 2 aromatic heterocycles. The molecule has 1 saturated heterocycles. The van der Waals surface area contributed by atoms with Crippen molar-refractivity contribution in [1.29, 1.82) is 0 Å². The van der Waals surface area contributed by atoms with E-state index in [-0.39, 0.29) is 5.92 Å². The highest BCUT2D eigenvalue weighted by atomic mass is 16.5. The van der Waals surface area contributed by atoms with Gasteiger partial charge in [-0.25, -0.2) is 4.79 Å². The fourth-order valence-electron chi connectivity index (χ4n) is 2.55. The van der Waals surface area contributed by atoms with E-state index in [0.29, 0.717) is 22.8 Å². The van der Waals surface area contributed by atoms with E-state index in [9.17, 15) is 4.79 Å². The van der Waals surface area contributed by atoms with Crippen LogP contribution >= 0.6 is 0 Å². The van der Waals surface area contributed by atoms with Gasteiger partial charge in [0.2, 0.25) is 11.7 Å². The Bertz CT molecular complexity index is 826. The highest BCUT2D eigenvalue weighted by Gasteiger charge is 2.22. The van der Waals surface area contributed by atoms with Crippen molar-refractivity contribution in [3.05, 3.63) is 34.6 Å². The molecule has 0 saturated carbocycles. The Morgan fingerprint density at radius 2 is 2.10 bits per heavy atom. The Balaban J connectivity index is 1.68. The fraction of sp³-hybridized carbons (Fsp3) is 0.357. The molecule has 3 aromatic rings. The van der Waals surface area contributed by atoms with E-state index in [0.717, 1.165) is 31.6 Å². The molecular weight excluding hydrogens is 274 g/mol. The van der Waals surface area contributed by atoms with Crippen molar-refractivity contribution < 1.29 is 13.7 Å². The van der Waals surface area contributed by atoms with Gasteiger partial charge in [0, 0.05) is 24.7 Å². The number of aromatic nitrogens is 3. The Hall–Kier alpha value is -2.41. The molecule has 1 aliphatic rings. The normalized spacial score (nSPS) is 16.6. The second-order valence-corrected chi connectivity index (χ2v) is 5.07. The second kappa shape index (κ2) is 4.85. The van der Waals surface area contributed by atoms with E-state index >= 15 is 0 Å². The molecule has 4 rings (SSSR count). The Morgan fingerprint density at radius 3 is 2.95 bits per heavy atom. The largest absolute Gasteiger partial charge is 0.417 e. The zero-order valence-corrected chi connectivity index (χ0v) is 11.2. The van der Waals surface area contributed by atoms with Crippen LogP contribution in [0.2, 0.25) is 0 Å². The standard InChI is InChI=1S/C14H13N3O4/c18-14-15-10-7-9(1-2-11(10)20-14)12-16-13(21-17-12)8-3-5-19-6-4-8/h1-2,7-8H,3-6H2,(H,15,18). The van der Waals surface area contributed by atoms with E-state index in [1.807, 2.05) is 0 Å². The summed E-state index contributed by atoms with van der Waals surface area (Å²) in [5, 5.41) is 4.03. The van der Waals surface area contributed by atoms with Crippen LogP contribution in [0.1, 0.15) is 24.7 Å². The van der Waals surface area contributed by atoms with Crippen molar-refractivity contribution in [3.63, 3.8) is 0 Å². The molecule has 0 radical (unpaired) electrons. The predicted octanol–water partition coefficient (Wildman–Crippen LogP) is 2.07. The molecule has 21 heavy (non-hydrogen) atoms. The van der Waals surface area contributed by atoms with Gasteiger partial charge in [-0.1, -0.05) is 5.16 Å². The third-order valence-corrected chi connectivity index (χ3v) is 3.69. The van der Waals surface area contributed by atoms with Crippen molar-refractivity contribution in [2.24, 2.45) is 0 Å². The summed E-state index contributed by atoms with van der Waals surface area (Å²) in [4.78, 5) is 18.2. The lowest BCUT2D eigenvalue weighted by Gasteiger charge is -2.17. The molecule has 7 heteroatoms. The van der Waals surface area contributed by atoms with Crippen molar-refractivity contribution in [2.75, 3.05) is 13.2 Å². The zero-order chi connectivity index (χ0) is 14.2. The monoisotopic (exact) mass is 287 g/mol. The van der Waals surface area contributed by atoms with E-state index in [2.05, 4.69) is 15.1 Å². The van der Waals surface area contributed by atoms with Gasteiger partial charge in [0.25, 0.3) is 0 Å². The Labute approximate surface area is 118 Å². The molecule has 1 aliphatic heterocycles. The number of fused-ring (bicyclic) bond motifs is 1. The van der Waals surface area contributed by atoms with Gasteiger partial charge in [-0.2, -0.15) is 4.98 Å². The zero-order valence-electron chi connectivity index (χ0n) is 11.2. The van der Waals surface area contributed by atoms with Crippen LogP contribution in [0.15, 0.2) is 31.9 Å². The minimum atomic E-state index is -0.474. The molecule has 0 bridgehead atoms. The summed E-state index contributed by atoms with van der Waals surface area (Å²) in [5.74, 6) is 0.949. The molecule has 0 aliphatic carbocycles. The summed E-state index contributed by atoms with van der Waals surface area (Å²) < 4.78 is 15.7. The topological polar surface area (TPSA) is 94.2 Å². The van der Waals surface area contributed by atoms with Crippen LogP contribution in [-0.2, 0) is 4.74 Å². The van der Waals surface area contributed by atoms with Gasteiger partial charge in [-0.05, 0) is 31.0 Å². The van der Waals surface area contributed by atoms with Gasteiger partial charge in [-0.15, -0.1) is 0 Å². The first kappa shape index (κ1) is 12.3. The molecular formula is C14H13N3O4. The van der Waals surface area contributed by atoms with Crippen LogP contribution in [0.25, 0.3) is 22.5 Å². The summed E-state index contributed by atoms with van der Waals surface area (Å²) in [6.45, 7) is 1.45. The van der Waals surface area contributed by atoms with Gasteiger partial charge in [0.05, 0.1) is 5.52 Å². The van der Waals surface area contributed by atoms with Gasteiger partial charge in [0.1, 0.15) is 0 Å². The van der Waals surface area contributed by atoms with Crippen LogP contribution in [0, 0.1) is 0 Å². The van der Waals surface area contributed by atoms with E-state index in [4.69, 9.17) is 13.7 Å². The number of hydrogen-bond acceptors (Lipinski definition) is 6. The summed E-state index contributed by atoms with van der Waals surface area (Å²) in [5.41, 5.74) is 1.91. The first-order valence-corrected chi connectivity index (χ1v) is 6.84. The summed E-state index contributed by atoms with van der Waals surface area (Å²) in [6, 6.07) is 5.30. The molecule has 1 fully saturated rings. The number of hydrogen-bond donors (Lipinski definition) is 1. The van der Waals surface area contributed by atoms with Gasteiger partial charge < -0.3 is 13.7 Å². The second-order valence-electron chi connectivity index (χ2n) is 5.07. The average molecular weight is 287 g/mol. The minimum Gasteiger partial charge on any atom is -0.408 e. The van der Waals surface area contributed by atoms with Gasteiger partial charge >= 0.3 is 5.76 Å². The van der Waals surface area contributed by atoms with Gasteiger partial charge in [0.15, 0.2) is 5.58 Å². The quantitative estimate of drug-likeness (QED) is 0.775. The van der Waals surface area contributed by atoms with E-state index in [1.54, 1.807) is 18.2 Å². The molecule has 108 valence electrons. The maximum Gasteiger partial charge on any atom is 0.417 e. The SMILES string of the molecule is O=c1[nH]c2cc(-c3noc(C4CCOCC4)n3)ccc2o1. The number of rotatable bonds is 2. The maximum atomic E-state index is 11.2. The van der Waals surface area contributed by atoms with Crippen LogP contribution < -0.4 is 5.76 Å². The summed E-state index contributed by atoms with van der Waals surface area (Å²) in [7, 11) is 0. The first-order valence-electron chi connectivity index (χ1n) is 6.84. The summed E-state index contributed by atoms with van der Waals surface area (Å²) >= 11 is 0. The number of ether oxygens (including phenoxy) is 1. The number of aromatic amines is 1. The Morgan fingerprint density at radius 1 is 1.24 bits per heavy atom. The Kier molecular flexibility index (Phi) is 2.85. The molecule has 1 aromatic carbocycles. The fourth-order valence-corrected chi connectivity index (χ4v) is 2.55. The van der Waals surface area contributed by atoms with Crippen LogP contribution in [0.5, 0.6) is 0 Å². The molecule has 0 atom stereocenters. The molecule has 3 heterocycles. The molecule has 0 spiro atoms. The van der Waals surface area contributed by atoms with E-state index < -0.39 is 5.76 Å². The minimum absolute atomic E-state index is 0.262. The average Bonchev–Trinajstić information content (AvgIpc) is 3.12. The lowest BCUT2D eigenvalue weighted by molar-refractivity contribution is 0.0778. The number of H-pyrrole nitrogens is 1. The number of benzene rings is 1. The molecule has 0 amide bonds. The van der Waals surface area contributed by atoms with Crippen molar-refractivity contribution >= 4 is 11.1 Å². The van der Waals surface area contributed by atoms with Crippen molar-refractivity contribution in [3.8, 4) is 11.4 Å². The number of nitrogens with zero attached hydrogens (tertiary/aromatic N) is 2. The highest BCUT2D eigenvalue weighted by molar-refractivity contribution is 5.78.